The number of nitrogens with zero attached hydrogens (tertiary/aromatic N) is 1. The summed E-state index contributed by atoms with van der Waals surface area (Å²) in [6.45, 7) is 0.710. The van der Waals surface area contributed by atoms with Crippen molar-refractivity contribution in [3.8, 4) is 0 Å². The van der Waals surface area contributed by atoms with E-state index in [4.69, 9.17) is 11.6 Å². The van der Waals surface area contributed by atoms with Gasteiger partial charge in [-0.25, -0.2) is 0 Å². The fourth-order valence-corrected chi connectivity index (χ4v) is 1.85. The van der Waals surface area contributed by atoms with Crippen molar-refractivity contribution in [3.05, 3.63) is 33.3 Å². The van der Waals surface area contributed by atoms with Crippen LogP contribution < -0.4 is 5.32 Å². The summed E-state index contributed by atoms with van der Waals surface area (Å²) in [4.78, 5) is 10.3. The van der Waals surface area contributed by atoms with Crippen molar-refractivity contribution in [1.82, 2.24) is 0 Å². The van der Waals surface area contributed by atoms with Crippen molar-refractivity contribution in [1.29, 1.82) is 0 Å². The number of thioether (sulfide) groups is 1. The molecule has 0 aliphatic carbocycles. The van der Waals surface area contributed by atoms with Gasteiger partial charge in [0, 0.05) is 17.6 Å². The molecule has 0 unspecified atom stereocenters. The number of nitro benzene ring substituents is 1. The molecule has 0 amide bonds. The lowest BCUT2D eigenvalue weighted by atomic mass is 10.2. The first-order valence-electron chi connectivity index (χ1n) is 4.82. The molecule has 1 aromatic rings. The summed E-state index contributed by atoms with van der Waals surface area (Å²) in [5, 5.41) is 14.3. The first kappa shape index (κ1) is 13.1. The van der Waals surface area contributed by atoms with Crippen LogP contribution in [0.2, 0.25) is 5.02 Å². The zero-order valence-electron chi connectivity index (χ0n) is 8.90. The van der Waals surface area contributed by atoms with Crippen LogP contribution in [0.3, 0.4) is 0 Å². The molecule has 0 radical (unpaired) electrons. The Morgan fingerprint density at radius 2 is 2.31 bits per heavy atom. The summed E-state index contributed by atoms with van der Waals surface area (Å²) >= 11 is 7.55. The average Bonchev–Trinajstić information content (AvgIpc) is 2.24. The number of hydrogen-bond acceptors (Lipinski definition) is 4. The highest BCUT2D eigenvalue weighted by Gasteiger charge is 2.12. The van der Waals surface area contributed by atoms with Crippen molar-refractivity contribution < 1.29 is 4.92 Å². The predicted octanol–water partition coefficient (Wildman–Crippen LogP) is 3.41. The number of hydrogen-bond donors (Lipinski definition) is 1. The van der Waals surface area contributed by atoms with Crippen LogP contribution in [0.5, 0.6) is 0 Å². The van der Waals surface area contributed by atoms with Crippen molar-refractivity contribution in [3.63, 3.8) is 0 Å². The summed E-state index contributed by atoms with van der Waals surface area (Å²) in [5.74, 6) is 1.03. The Hall–Kier alpha value is -0.940. The second-order valence-electron chi connectivity index (χ2n) is 3.19. The average molecular weight is 261 g/mol. The monoisotopic (exact) mass is 260 g/mol. The Kier molecular flexibility index (Phi) is 5.42. The summed E-state index contributed by atoms with van der Waals surface area (Å²) in [6.07, 6.45) is 2.99. The van der Waals surface area contributed by atoms with E-state index in [1.54, 1.807) is 17.8 Å². The van der Waals surface area contributed by atoms with Crippen molar-refractivity contribution >= 4 is 34.7 Å². The number of anilines is 1. The molecule has 0 aromatic heterocycles. The maximum absolute atomic E-state index is 10.7. The van der Waals surface area contributed by atoms with Gasteiger partial charge >= 0.3 is 0 Å². The summed E-state index contributed by atoms with van der Waals surface area (Å²) < 4.78 is 0. The van der Waals surface area contributed by atoms with E-state index in [1.807, 2.05) is 6.26 Å². The Morgan fingerprint density at radius 1 is 1.56 bits per heavy atom. The first-order chi connectivity index (χ1) is 7.65. The van der Waals surface area contributed by atoms with Crippen LogP contribution in [0, 0.1) is 10.1 Å². The van der Waals surface area contributed by atoms with Gasteiger partial charge in [0.25, 0.3) is 5.69 Å². The minimum atomic E-state index is -0.409. The van der Waals surface area contributed by atoms with Crippen LogP contribution >= 0.6 is 23.4 Å². The highest BCUT2D eigenvalue weighted by molar-refractivity contribution is 7.98. The number of rotatable bonds is 6. The molecule has 0 atom stereocenters. The molecular formula is C10H13ClN2O2S. The van der Waals surface area contributed by atoms with Gasteiger partial charge in [0.2, 0.25) is 0 Å². The Balaban J connectivity index is 2.68. The van der Waals surface area contributed by atoms with Gasteiger partial charge in [-0.15, -0.1) is 0 Å². The molecule has 1 rings (SSSR count). The lowest BCUT2D eigenvalue weighted by Crippen LogP contribution is -2.05. The zero-order chi connectivity index (χ0) is 12.0. The Morgan fingerprint density at radius 3 is 2.94 bits per heavy atom. The molecule has 6 heteroatoms. The van der Waals surface area contributed by atoms with Crippen LogP contribution in [-0.4, -0.2) is 23.5 Å². The molecule has 0 saturated carbocycles. The van der Waals surface area contributed by atoms with Crippen LogP contribution in [0.1, 0.15) is 6.42 Å². The van der Waals surface area contributed by atoms with Crippen molar-refractivity contribution in [2.75, 3.05) is 23.9 Å². The molecule has 0 aliphatic heterocycles. The fraction of sp³-hybridized carbons (Fsp3) is 0.400. The van der Waals surface area contributed by atoms with Gasteiger partial charge in [0.1, 0.15) is 5.69 Å². The van der Waals surface area contributed by atoms with E-state index in [9.17, 15) is 10.1 Å². The summed E-state index contributed by atoms with van der Waals surface area (Å²) in [5.41, 5.74) is 0.548. The Bertz CT molecular complexity index is 374. The number of halogens is 1. The lowest BCUT2D eigenvalue weighted by molar-refractivity contribution is -0.384. The van der Waals surface area contributed by atoms with E-state index in [2.05, 4.69) is 5.32 Å². The fourth-order valence-electron chi connectivity index (χ4n) is 1.25. The van der Waals surface area contributed by atoms with Crippen molar-refractivity contribution in [2.45, 2.75) is 6.42 Å². The molecule has 0 aliphatic rings. The quantitative estimate of drug-likeness (QED) is 0.484. The van der Waals surface area contributed by atoms with Gasteiger partial charge < -0.3 is 5.32 Å². The van der Waals surface area contributed by atoms with Gasteiger partial charge in [-0.05, 0) is 30.6 Å². The molecule has 0 fully saturated rings. The normalized spacial score (nSPS) is 10.1. The van der Waals surface area contributed by atoms with Crippen LogP contribution in [0.4, 0.5) is 11.4 Å². The number of benzene rings is 1. The van der Waals surface area contributed by atoms with E-state index in [0.717, 1.165) is 12.2 Å². The molecule has 1 N–H and O–H groups in total. The molecule has 1 aromatic carbocycles. The van der Waals surface area contributed by atoms with Crippen molar-refractivity contribution in [2.24, 2.45) is 0 Å². The minimum Gasteiger partial charge on any atom is -0.379 e. The first-order valence-corrected chi connectivity index (χ1v) is 6.59. The molecule has 0 saturated heterocycles. The van der Waals surface area contributed by atoms with Crippen LogP contribution in [0.15, 0.2) is 18.2 Å². The standard InChI is InChI=1S/C10H13ClN2O2S/c1-16-6-2-5-12-9-7-8(11)3-4-10(9)13(14)15/h3-4,7,12H,2,5-6H2,1H3. The lowest BCUT2D eigenvalue weighted by Gasteiger charge is -2.06. The summed E-state index contributed by atoms with van der Waals surface area (Å²) in [6, 6.07) is 4.52. The van der Waals surface area contributed by atoms with Gasteiger partial charge in [0.15, 0.2) is 0 Å². The van der Waals surface area contributed by atoms with E-state index in [-0.39, 0.29) is 5.69 Å². The van der Waals surface area contributed by atoms with Gasteiger partial charge in [-0.3, -0.25) is 10.1 Å². The maximum atomic E-state index is 10.7. The van der Waals surface area contributed by atoms with E-state index in [1.165, 1.54) is 12.1 Å². The molecular weight excluding hydrogens is 248 g/mol. The minimum absolute atomic E-state index is 0.0635. The third-order valence-corrected chi connectivity index (χ3v) is 2.93. The molecule has 0 spiro atoms. The van der Waals surface area contributed by atoms with E-state index < -0.39 is 4.92 Å². The van der Waals surface area contributed by atoms with E-state index >= 15 is 0 Å². The van der Waals surface area contributed by atoms with Crippen LogP contribution in [0.25, 0.3) is 0 Å². The molecule has 4 nitrogen and oxygen atoms in total. The maximum Gasteiger partial charge on any atom is 0.292 e. The third kappa shape index (κ3) is 3.90. The second-order valence-corrected chi connectivity index (χ2v) is 4.61. The van der Waals surface area contributed by atoms with Gasteiger partial charge in [-0.1, -0.05) is 11.6 Å². The topological polar surface area (TPSA) is 55.2 Å². The smallest absolute Gasteiger partial charge is 0.292 e. The zero-order valence-corrected chi connectivity index (χ0v) is 10.5. The molecule has 0 heterocycles. The van der Waals surface area contributed by atoms with Gasteiger partial charge in [0.05, 0.1) is 4.92 Å². The third-order valence-electron chi connectivity index (χ3n) is 2.00. The molecule has 0 bridgehead atoms. The molecule has 16 heavy (non-hydrogen) atoms. The van der Waals surface area contributed by atoms with E-state index in [0.29, 0.717) is 17.3 Å². The van der Waals surface area contributed by atoms with Gasteiger partial charge in [-0.2, -0.15) is 11.8 Å². The predicted molar refractivity (Wildman–Crippen MR) is 69.6 cm³/mol. The van der Waals surface area contributed by atoms with Crippen LogP contribution in [-0.2, 0) is 0 Å². The highest BCUT2D eigenvalue weighted by Crippen LogP contribution is 2.27. The number of nitrogens with one attached hydrogen (secondary N) is 1. The second kappa shape index (κ2) is 6.60. The SMILES string of the molecule is CSCCCNc1cc(Cl)ccc1[N+](=O)[O-]. The summed E-state index contributed by atoms with van der Waals surface area (Å²) in [7, 11) is 0. The number of nitro groups is 1. The largest absolute Gasteiger partial charge is 0.379 e. The highest BCUT2D eigenvalue weighted by atomic mass is 35.5. The Labute approximate surface area is 104 Å². The molecule has 88 valence electrons.